The highest BCUT2D eigenvalue weighted by Crippen LogP contribution is 2.30. The summed E-state index contributed by atoms with van der Waals surface area (Å²) in [7, 11) is 0. The van der Waals surface area contributed by atoms with Crippen LogP contribution in [0.3, 0.4) is 0 Å². The van der Waals surface area contributed by atoms with E-state index in [0.29, 0.717) is 10.7 Å². The summed E-state index contributed by atoms with van der Waals surface area (Å²) in [6, 6.07) is 3.92. The van der Waals surface area contributed by atoms with E-state index in [4.69, 9.17) is 5.73 Å². The third-order valence-electron chi connectivity index (χ3n) is 3.07. The van der Waals surface area contributed by atoms with Crippen molar-refractivity contribution >= 4 is 28.1 Å². The van der Waals surface area contributed by atoms with Crippen LogP contribution in [0.2, 0.25) is 0 Å². The van der Waals surface area contributed by atoms with Gasteiger partial charge in [-0.2, -0.15) is 0 Å². The van der Waals surface area contributed by atoms with Crippen LogP contribution in [0.15, 0.2) is 18.2 Å². The first-order valence-corrected chi connectivity index (χ1v) is 6.80. The summed E-state index contributed by atoms with van der Waals surface area (Å²) in [6.45, 7) is 0. The lowest BCUT2D eigenvalue weighted by Crippen LogP contribution is -2.12. The van der Waals surface area contributed by atoms with E-state index in [9.17, 15) is 9.18 Å². The van der Waals surface area contributed by atoms with E-state index in [0.717, 1.165) is 25.0 Å². The number of aryl methyl sites for hydroxylation is 2. The first-order chi connectivity index (χ1) is 9.13. The number of anilines is 2. The first kappa shape index (κ1) is 12.1. The summed E-state index contributed by atoms with van der Waals surface area (Å²) in [4.78, 5) is 17.6. The minimum absolute atomic E-state index is 0.0331. The fourth-order valence-electron chi connectivity index (χ4n) is 2.10. The summed E-state index contributed by atoms with van der Waals surface area (Å²) in [6.07, 6.45) is 3.15. The molecule has 1 aromatic heterocycles. The van der Waals surface area contributed by atoms with Crippen LogP contribution in [0.4, 0.5) is 15.2 Å². The number of thiazole rings is 1. The maximum atomic E-state index is 13.0. The maximum Gasteiger partial charge on any atom is 0.257 e. The van der Waals surface area contributed by atoms with Crippen molar-refractivity contribution in [3.05, 3.63) is 40.2 Å². The summed E-state index contributed by atoms with van der Waals surface area (Å²) in [5, 5.41) is 3.32. The number of nitrogens with two attached hydrogens (primary N) is 1. The number of fused-ring (bicyclic) bond motifs is 1. The van der Waals surface area contributed by atoms with Crippen molar-refractivity contribution < 1.29 is 9.18 Å². The molecule has 1 aliphatic rings. The molecule has 1 aromatic carbocycles. The molecule has 1 aliphatic carbocycles. The smallest absolute Gasteiger partial charge is 0.257 e. The molecule has 0 saturated carbocycles. The second-order valence-electron chi connectivity index (χ2n) is 4.43. The van der Waals surface area contributed by atoms with Crippen LogP contribution in [-0.2, 0) is 12.8 Å². The van der Waals surface area contributed by atoms with Crippen LogP contribution in [0.25, 0.3) is 0 Å². The molecular formula is C13H12FN3OS. The number of carbonyl (C=O) groups is 1. The zero-order valence-electron chi connectivity index (χ0n) is 10.1. The minimum atomic E-state index is -0.523. The molecule has 0 bridgehead atoms. The molecular weight excluding hydrogens is 265 g/mol. The van der Waals surface area contributed by atoms with Crippen LogP contribution in [0.1, 0.15) is 27.3 Å². The molecule has 3 N–H and O–H groups in total. The molecule has 98 valence electrons. The zero-order chi connectivity index (χ0) is 13.4. The molecule has 0 fully saturated rings. The number of benzene rings is 1. The molecule has 3 rings (SSSR count). The van der Waals surface area contributed by atoms with Gasteiger partial charge >= 0.3 is 0 Å². The van der Waals surface area contributed by atoms with Gasteiger partial charge in [0.15, 0.2) is 5.13 Å². The van der Waals surface area contributed by atoms with Gasteiger partial charge in [-0.25, -0.2) is 9.37 Å². The molecule has 1 heterocycles. The predicted molar refractivity (Wildman–Crippen MR) is 72.9 cm³/mol. The van der Waals surface area contributed by atoms with Crippen LogP contribution >= 0.6 is 11.3 Å². The van der Waals surface area contributed by atoms with Gasteiger partial charge in [0.1, 0.15) is 5.82 Å². The van der Waals surface area contributed by atoms with Crippen molar-refractivity contribution in [2.45, 2.75) is 19.3 Å². The molecule has 0 unspecified atom stereocenters. The molecule has 2 aromatic rings. The standard InChI is InChI=1S/C13H12FN3OS/c14-8-5-4-7(6-9(8)15)12(18)17-13-16-10-2-1-3-11(10)19-13/h4-6H,1-3,15H2,(H,16,17,18). The summed E-state index contributed by atoms with van der Waals surface area (Å²) in [5.41, 5.74) is 6.82. The number of aromatic nitrogens is 1. The molecule has 1 amide bonds. The highest BCUT2D eigenvalue weighted by molar-refractivity contribution is 7.15. The van der Waals surface area contributed by atoms with Crippen LogP contribution < -0.4 is 11.1 Å². The molecule has 6 heteroatoms. The van der Waals surface area contributed by atoms with E-state index in [2.05, 4.69) is 10.3 Å². The lowest BCUT2D eigenvalue weighted by atomic mass is 10.2. The molecule has 0 atom stereocenters. The van der Waals surface area contributed by atoms with Gasteiger partial charge in [0.25, 0.3) is 5.91 Å². The van der Waals surface area contributed by atoms with Gasteiger partial charge in [-0.1, -0.05) is 0 Å². The van der Waals surface area contributed by atoms with E-state index in [1.54, 1.807) is 0 Å². The number of nitrogens with one attached hydrogen (secondary N) is 1. The fourth-order valence-corrected chi connectivity index (χ4v) is 3.14. The van der Waals surface area contributed by atoms with Gasteiger partial charge < -0.3 is 5.73 Å². The van der Waals surface area contributed by atoms with Crippen molar-refractivity contribution in [2.75, 3.05) is 11.1 Å². The SMILES string of the molecule is Nc1cc(C(=O)Nc2nc3c(s2)CCC3)ccc1F. The van der Waals surface area contributed by atoms with E-state index in [1.807, 2.05) is 0 Å². The van der Waals surface area contributed by atoms with Crippen molar-refractivity contribution in [2.24, 2.45) is 0 Å². The highest BCUT2D eigenvalue weighted by atomic mass is 32.1. The largest absolute Gasteiger partial charge is 0.396 e. The van der Waals surface area contributed by atoms with Crippen LogP contribution in [0.5, 0.6) is 0 Å². The van der Waals surface area contributed by atoms with Crippen molar-refractivity contribution in [3.8, 4) is 0 Å². The van der Waals surface area contributed by atoms with Gasteiger partial charge in [-0.15, -0.1) is 11.3 Å². The van der Waals surface area contributed by atoms with Crippen molar-refractivity contribution in [1.29, 1.82) is 0 Å². The predicted octanol–water partition coefficient (Wildman–Crippen LogP) is 2.61. The van der Waals surface area contributed by atoms with Gasteiger partial charge in [-0.05, 0) is 37.5 Å². The first-order valence-electron chi connectivity index (χ1n) is 5.98. The molecule has 0 spiro atoms. The Labute approximate surface area is 113 Å². The molecule has 4 nitrogen and oxygen atoms in total. The molecule has 0 saturated heterocycles. The number of carbonyl (C=O) groups excluding carboxylic acids is 1. The second kappa shape index (κ2) is 4.62. The van der Waals surface area contributed by atoms with Gasteiger partial charge in [0.2, 0.25) is 0 Å². The monoisotopic (exact) mass is 277 g/mol. The Balaban J connectivity index is 1.78. The third-order valence-corrected chi connectivity index (χ3v) is 4.15. The number of hydrogen-bond acceptors (Lipinski definition) is 4. The lowest BCUT2D eigenvalue weighted by molar-refractivity contribution is 0.102. The third kappa shape index (κ3) is 2.31. The number of rotatable bonds is 2. The van der Waals surface area contributed by atoms with Crippen molar-refractivity contribution in [3.63, 3.8) is 0 Å². The Hall–Kier alpha value is -1.95. The normalized spacial score (nSPS) is 13.3. The highest BCUT2D eigenvalue weighted by Gasteiger charge is 2.18. The minimum Gasteiger partial charge on any atom is -0.396 e. The van der Waals surface area contributed by atoms with Gasteiger partial charge in [-0.3, -0.25) is 10.1 Å². The fraction of sp³-hybridized carbons (Fsp3) is 0.231. The number of halogens is 1. The maximum absolute atomic E-state index is 13.0. The Morgan fingerprint density at radius 2 is 2.26 bits per heavy atom. The summed E-state index contributed by atoms with van der Waals surface area (Å²) < 4.78 is 13.0. The van der Waals surface area contributed by atoms with Gasteiger partial charge in [0, 0.05) is 10.4 Å². The second-order valence-corrected chi connectivity index (χ2v) is 5.52. The topological polar surface area (TPSA) is 68.0 Å². The molecule has 0 radical (unpaired) electrons. The van der Waals surface area contributed by atoms with Gasteiger partial charge in [0.05, 0.1) is 11.4 Å². The summed E-state index contributed by atoms with van der Waals surface area (Å²) in [5.74, 6) is -0.844. The quantitative estimate of drug-likeness (QED) is 0.829. The average Bonchev–Trinajstić information content (AvgIpc) is 2.93. The Morgan fingerprint density at radius 3 is 3.00 bits per heavy atom. The van der Waals surface area contributed by atoms with E-state index >= 15 is 0 Å². The number of hydrogen-bond donors (Lipinski definition) is 2. The number of nitrogen functional groups attached to an aromatic ring is 1. The number of amides is 1. The molecule has 0 aliphatic heterocycles. The Morgan fingerprint density at radius 1 is 1.42 bits per heavy atom. The van der Waals surface area contributed by atoms with E-state index in [1.165, 1.54) is 34.4 Å². The average molecular weight is 277 g/mol. The van der Waals surface area contributed by atoms with Crippen LogP contribution in [0, 0.1) is 5.82 Å². The van der Waals surface area contributed by atoms with E-state index in [-0.39, 0.29) is 11.6 Å². The summed E-state index contributed by atoms with van der Waals surface area (Å²) >= 11 is 1.50. The molecule has 19 heavy (non-hydrogen) atoms. The lowest BCUT2D eigenvalue weighted by Gasteiger charge is -2.03. The number of nitrogens with zero attached hydrogens (tertiary/aromatic N) is 1. The van der Waals surface area contributed by atoms with Crippen LogP contribution in [-0.4, -0.2) is 10.9 Å². The zero-order valence-corrected chi connectivity index (χ0v) is 10.9. The Kier molecular flexibility index (Phi) is 2.94. The Bertz CT molecular complexity index is 632. The van der Waals surface area contributed by atoms with E-state index < -0.39 is 5.82 Å². The van der Waals surface area contributed by atoms with Crippen molar-refractivity contribution in [1.82, 2.24) is 4.98 Å².